The van der Waals surface area contributed by atoms with Crippen LogP contribution in [0.15, 0.2) is 46.9 Å². The molecule has 23 heavy (non-hydrogen) atoms. The molecule has 0 aliphatic carbocycles. The molecule has 0 radical (unpaired) electrons. The van der Waals surface area contributed by atoms with Crippen LogP contribution in [-0.2, 0) is 0 Å². The fourth-order valence-electron chi connectivity index (χ4n) is 2.15. The molecule has 6 heteroatoms. The lowest BCUT2D eigenvalue weighted by Crippen LogP contribution is -2.21. The molecule has 0 aliphatic heterocycles. The smallest absolute Gasteiger partial charge is 0.227 e. The summed E-state index contributed by atoms with van der Waals surface area (Å²) in [4.78, 5) is 4.47. The summed E-state index contributed by atoms with van der Waals surface area (Å²) in [6, 6.07) is 13.0. The molecule has 1 unspecified atom stereocenters. The highest BCUT2D eigenvalue weighted by Gasteiger charge is 2.10. The number of fused-ring (bicyclic) bond motifs is 1. The van der Waals surface area contributed by atoms with Crippen molar-refractivity contribution in [2.75, 3.05) is 25.6 Å². The topological polar surface area (TPSA) is 87.8 Å². The molecule has 3 aromatic rings. The number of rotatable bonds is 6. The summed E-state index contributed by atoms with van der Waals surface area (Å²) in [7, 11) is 1.86. The maximum absolute atomic E-state index is 9.31. The molecule has 6 nitrogen and oxygen atoms in total. The van der Waals surface area contributed by atoms with E-state index in [9.17, 15) is 5.11 Å². The van der Waals surface area contributed by atoms with Gasteiger partial charge in [0.15, 0.2) is 5.58 Å². The number of aliphatic hydroxyl groups excluding tert-OH is 2. The van der Waals surface area contributed by atoms with Crippen molar-refractivity contribution in [3.8, 4) is 17.2 Å². The van der Waals surface area contributed by atoms with Crippen molar-refractivity contribution in [1.29, 1.82) is 0 Å². The molecule has 1 atom stereocenters. The Labute approximate surface area is 133 Å². The Kier molecular flexibility index (Phi) is 4.45. The number of nitrogens with zero attached hydrogens (tertiary/aromatic N) is 1. The monoisotopic (exact) mass is 314 g/mol. The third-order valence-corrected chi connectivity index (χ3v) is 3.43. The van der Waals surface area contributed by atoms with Gasteiger partial charge in [0, 0.05) is 24.4 Å². The van der Waals surface area contributed by atoms with Gasteiger partial charge < -0.3 is 24.7 Å². The van der Waals surface area contributed by atoms with Crippen molar-refractivity contribution < 1.29 is 19.4 Å². The number of anilines is 1. The maximum atomic E-state index is 9.31. The minimum absolute atomic E-state index is 0.0260. The van der Waals surface area contributed by atoms with E-state index in [4.69, 9.17) is 14.3 Å². The molecule has 0 spiro atoms. The highest BCUT2D eigenvalue weighted by atomic mass is 16.5. The van der Waals surface area contributed by atoms with E-state index >= 15 is 0 Å². The molecule has 1 heterocycles. The predicted octanol–water partition coefficient (Wildman–Crippen LogP) is 2.27. The van der Waals surface area contributed by atoms with E-state index < -0.39 is 6.10 Å². The van der Waals surface area contributed by atoms with Gasteiger partial charge in [-0.15, -0.1) is 0 Å². The Morgan fingerprint density at radius 1 is 1.22 bits per heavy atom. The van der Waals surface area contributed by atoms with E-state index in [1.165, 1.54) is 0 Å². The van der Waals surface area contributed by atoms with Crippen LogP contribution in [0.2, 0.25) is 0 Å². The minimum Gasteiger partial charge on any atom is -0.491 e. The number of aliphatic hydroxyl groups is 2. The third kappa shape index (κ3) is 3.44. The zero-order valence-corrected chi connectivity index (χ0v) is 12.7. The summed E-state index contributed by atoms with van der Waals surface area (Å²) in [5.74, 6) is 1.10. The van der Waals surface area contributed by atoms with Crippen LogP contribution in [0.4, 0.5) is 5.69 Å². The van der Waals surface area contributed by atoms with E-state index in [0.29, 0.717) is 22.7 Å². The molecule has 2 aromatic carbocycles. The average Bonchev–Trinajstić information content (AvgIpc) is 3.03. The van der Waals surface area contributed by atoms with Crippen molar-refractivity contribution in [3.63, 3.8) is 0 Å². The molecular weight excluding hydrogens is 296 g/mol. The first-order chi connectivity index (χ1) is 11.2. The lowest BCUT2D eigenvalue weighted by molar-refractivity contribution is 0.0536. The quantitative estimate of drug-likeness (QED) is 0.647. The van der Waals surface area contributed by atoms with E-state index in [2.05, 4.69) is 10.3 Å². The molecule has 120 valence electrons. The standard InChI is InChI=1S/C17H18N2O4/c1-18-12-4-2-11(3-5-12)17-19-15-8-14(6-7-16(15)23-17)22-10-13(21)9-20/h2-8,13,18,20-21H,9-10H2,1H3. The van der Waals surface area contributed by atoms with Gasteiger partial charge in [-0.25, -0.2) is 4.98 Å². The van der Waals surface area contributed by atoms with Crippen LogP contribution in [0.5, 0.6) is 5.75 Å². The number of benzene rings is 2. The third-order valence-electron chi connectivity index (χ3n) is 3.43. The van der Waals surface area contributed by atoms with Crippen LogP contribution in [0.1, 0.15) is 0 Å². The zero-order valence-electron chi connectivity index (χ0n) is 12.7. The van der Waals surface area contributed by atoms with Gasteiger partial charge in [0.1, 0.15) is 24.0 Å². The fraction of sp³-hybridized carbons (Fsp3) is 0.235. The molecule has 1 aromatic heterocycles. The van der Waals surface area contributed by atoms with E-state index in [1.807, 2.05) is 31.3 Å². The summed E-state index contributed by atoms with van der Waals surface area (Å²) in [5, 5.41) is 21.2. The molecule has 0 aliphatic rings. The van der Waals surface area contributed by atoms with Crippen molar-refractivity contribution in [1.82, 2.24) is 4.98 Å². The van der Waals surface area contributed by atoms with Gasteiger partial charge in [0.05, 0.1) is 6.61 Å². The van der Waals surface area contributed by atoms with Crippen LogP contribution >= 0.6 is 0 Å². The normalized spacial score (nSPS) is 12.3. The first-order valence-corrected chi connectivity index (χ1v) is 7.30. The maximum Gasteiger partial charge on any atom is 0.227 e. The van der Waals surface area contributed by atoms with Crippen LogP contribution in [0, 0.1) is 0 Å². The Hall–Kier alpha value is -2.57. The summed E-state index contributed by atoms with van der Waals surface area (Å²) in [6.45, 7) is -0.308. The Bertz CT molecular complexity index is 783. The second kappa shape index (κ2) is 6.68. The Morgan fingerprint density at radius 3 is 2.70 bits per heavy atom. The largest absolute Gasteiger partial charge is 0.491 e. The molecule has 3 rings (SSSR count). The second-order valence-corrected chi connectivity index (χ2v) is 5.12. The SMILES string of the molecule is CNc1ccc(-c2nc3cc(OCC(O)CO)ccc3o2)cc1. The van der Waals surface area contributed by atoms with Crippen molar-refractivity contribution in [2.24, 2.45) is 0 Å². The highest BCUT2D eigenvalue weighted by Crippen LogP contribution is 2.27. The molecule has 0 fully saturated rings. The summed E-state index contributed by atoms with van der Waals surface area (Å²) in [5.41, 5.74) is 3.24. The average molecular weight is 314 g/mol. The van der Waals surface area contributed by atoms with Gasteiger partial charge >= 0.3 is 0 Å². The molecule has 0 saturated carbocycles. The Morgan fingerprint density at radius 2 is 2.00 bits per heavy atom. The van der Waals surface area contributed by atoms with Gasteiger partial charge in [-0.3, -0.25) is 0 Å². The van der Waals surface area contributed by atoms with E-state index in [-0.39, 0.29) is 13.2 Å². The van der Waals surface area contributed by atoms with E-state index in [0.717, 1.165) is 11.3 Å². The van der Waals surface area contributed by atoms with Gasteiger partial charge in [-0.05, 0) is 36.4 Å². The van der Waals surface area contributed by atoms with Crippen molar-refractivity contribution >= 4 is 16.8 Å². The molecule has 3 N–H and O–H groups in total. The van der Waals surface area contributed by atoms with Crippen LogP contribution in [0.3, 0.4) is 0 Å². The van der Waals surface area contributed by atoms with Crippen LogP contribution in [0.25, 0.3) is 22.6 Å². The molecule has 0 amide bonds. The highest BCUT2D eigenvalue weighted by molar-refractivity contribution is 5.78. The Balaban J connectivity index is 1.83. The zero-order chi connectivity index (χ0) is 16.2. The lowest BCUT2D eigenvalue weighted by Gasteiger charge is -2.09. The summed E-state index contributed by atoms with van der Waals surface area (Å²) < 4.78 is 11.2. The fourth-order valence-corrected chi connectivity index (χ4v) is 2.15. The number of ether oxygens (including phenoxy) is 1. The number of hydrogen-bond donors (Lipinski definition) is 3. The first-order valence-electron chi connectivity index (χ1n) is 7.30. The minimum atomic E-state index is -0.899. The van der Waals surface area contributed by atoms with Crippen molar-refractivity contribution in [3.05, 3.63) is 42.5 Å². The number of hydrogen-bond acceptors (Lipinski definition) is 6. The summed E-state index contributed by atoms with van der Waals surface area (Å²) in [6.07, 6.45) is -0.899. The van der Waals surface area contributed by atoms with Crippen LogP contribution < -0.4 is 10.1 Å². The second-order valence-electron chi connectivity index (χ2n) is 5.12. The molecular formula is C17H18N2O4. The van der Waals surface area contributed by atoms with E-state index in [1.54, 1.807) is 18.2 Å². The van der Waals surface area contributed by atoms with Gasteiger partial charge in [0.2, 0.25) is 5.89 Å². The van der Waals surface area contributed by atoms with Gasteiger partial charge in [0.25, 0.3) is 0 Å². The van der Waals surface area contributed by atoms with Crippen molar-refractivity contribution in [2.45, 2.75) is 6.10 Å². The first kappa shape index (κ1) is 15.3. The van der Waals surface area contributed by atoms with Gasteiger partial charge in [-0.2, -0.15) is 0 Å². The summed E-state index contributed by atoms with van der Waals surface area (Å²) >= 11 is 0. The van der Waals surface area contributed by atoms with Crippen LogP contribution in [-0.4, -0.2) is 41.6 Å². The molecule has 0 saturated heterocycles. The number of oxazole rings is 1. The lowest BCUT2D eigenvalue weighted by atomic mass is 10.2. The predicted molar refractivity (Wildman–Crippen MR) is 87.6 cm³/mol. The number of aromatic nitrogens is 1. The number of nitrogens with one attached hydrogen (secondary N) is 1. The van der Waals surface area contributed by atoms with Gasteiger partial charge in [-0.1, -0.05) is 0 Å². The molecule has 0 bridgehead atoms.